The van der Waals surface area contributed by atoms with Crippen molar-refractivity contribution < 1.29 is 18.1 Å². The summed E-state index contributed by atoms with van der Waals surface area (Å²) in [6, 6.07) is 8.44. The zero-order valence-corrected chi connectivity index (χ0v) is 13.0. The van der Waals surface area contributed by atoms with Crippen molar-refractivity contribution in [3.8, 4) is 0 Å². The van der Waals surface area contributed by atoms with Gasteiger partial charge in [-0.2, -0.15) is 13.2 Å². The van der Waals surface area contributed by atoms with E-state index in [4.69, 9.17) is 0 Å². The number of imidazole rings is 1. The Morgan fingerprint density at radius 2 is 2.04 bits per heavy atom. The van der Waals surface area contributed by atoms with E-state index in [0.29, 0.717) is 5.82 Å². The van der Waals surface area contributed by atoms with Crippen LogP contribution >= 0.6 is 0 Å². The SMILES string of the molecule is Cc1cccc2[nH]c(CNc3ccc([N+](=O)[O-])c(C(F)(F)F)c3)nc12. The maximum atomic E-state index is 13.0. The Balaban J connectivity index is 1.85. The largest absolute Gasteiger partial charge is 0.423 e. The summed E-state index contributed by atoms with van der Waals surface area (Å²) >= 11 is 0. The van der Waals surface area contributed by atoms with Gasteiger partial charge in [-0.25, -0.2) is 4.98 Å². The van der Waals surface area contributed by atoms with Crippen molar-refractivity contribution >= 4 is 22.4 Å². The van der Waals surface area contributed by atoms with Gasteiger partial charge in [-0.1, -0.05) is 12.1 Å². The Hall–Kier alpha value is -3.10. The molecule has 2 aromatic carbocycles. The molecule has 9 heteroatoms. The Morgan fingerprint density at radius 3 is 2.68 bits per heavy atom. The number of nitro groups is 1. The van der Waals surface area contributed by atoms with Gasteiger partial charge < -0.3 is 10.3 Å². The molecule has 2 N–H and O–H groups in total. The Morgan fingerprint density at radius 1 is 1.28 bits per heavy atom. The number of fused-ring (bicyclic) bond motifs is 1. The first-order valence-electron chi connectivity index (χ1n) is 7.29. The lowest BCUT2D eigenvalue weighted by atomic mass is 10.1. The van der Waals surface area contributed by atoms with Gasteiger partial charge in [-0.3, -0.25) is 10.1 Å². The predicted molar refractivity (Wildman–Crippen MR) is 86.3 cm³/mol. The molecule has 0 unspecified atom stereocenters. The summed E-state index contributed by atoms with van der Waals surface area (Å²) in [5, 5.41) is 13.6. The van der Waals surface area contributed by atoms with Crippen molar-refractivity contribution in [3.63, 3.8) is 0 Å². The number of nitro benzene ring substituents is 1. The number of aromatic amines is 1. The standard InChI is InChI=1S/C16H13F3N4O2/c1-9-3-2-4-12-15(9)22-14(21-12)8-20-10-5-6-13(23(24)25)11(7-10)16(17,18)19/h2-7,20H,8H2,1H3,(H,21,22). The van der Waals surface area contributed by atoms with Gasteiger partial charge in [-0.15, -0.1) is 0 Å². The van der Waals surface area contributed by atoms with E-state index in [1.807, 2.05) is 25.1 Å². The topological polar surface area (TPSA) is 83.8 Å². The molecular formula is C16H13F3N4O2. The molecule has 0 aliphatic rings. The number of nitrogens with zero attached hydrogens (tertiary/aromatic N) is 2. The van der Waals surface area contributed by atoms with Crippen LogP contribution < -0.4 is 5.32 Å². The van der Waals surface area contributed by atoms with Crippen LogP contribution in [-0.4, -0.2) is 14.9 Å². The van der Waals surface area contributed by atoms with Crippen LogP contribution in [0.4, 0.5) is 24.5 Å². The molecule has 25 heavy (non-hydrogen) atoms. The number of halogens is 3. The molecule has 130 valence electrons. The highest BCUT2D eigenvalue weighted by atomic mass is 19.4. The van der Waals surface area contributed by atoms with Gasteiger partial charge in [-0.05, 0) is 30.7 Å². The number of anilines is 1. The molecule has 0 amide bonds. The van der Waals surface area contributed by atoms with Gasteiger partial charge in [0.05, 0.1) is 22.5 Å². The quantitative estimate of drug-likeness (QED) is 0.539. The first kappa shape index (κ1) is 16.7. The van der Waals surface area contributed by atoms with Crippen molar-refractivity contribution in [2.75, 3.05) is 5.32 Å². The molecule has 1 heterocycles. The number of hydrogen-bond acceptors (Lipinski definition) is 4. The molecule has 0 saturated carbocycles. The van der Waals surface area contributed by atoms with Crippen LogP contribution in [0.3, 0.4) is 0 Å². The molecule has 0 saturated heterocycles. The molecule has 0 radical (unpaired) electrons. The fraction of sp³-hybridized carbons (Fsp3) is 0.188. The fourth-order valence-corrected chi connectivity index (χ4v) is 2.53. The highest BCUT2D eigenvalue weighted by Gasteiger charge is 2.38. The first-order valence-corrected chi connectivity index (χ1v) is 7.29. The molecule has 3 aromatic rings. The van der Waals surface area contributed by atoms with Crippen LogP contribution in [-0.2, 0) is 12.7 Å². The summed E-state index contributed by atoms with van der Waals surface area (Å²) < 4.78 is 39.0. The third-order valence-electron chi connectivity index (χ3n) is 3.72. The van der Waals surface area contributed by atoms with Crippen LogP contribution in [0.15, 0.2) is 36.4 Å². The third-order valence-corrected chi connectivity index (χ3v) is 3.72. The summed E-state index contributed by atoms with van der Waals surface area (Å²) in [6.45, 7) is 2.07. The van der Waals surface area contributed by atoms with E-state index in [-0.39, 0.29) is 12.2 Å². The zero-order valence-electron chi connectivity index (χ0n) is 13.0. The molecule has 1 aromatic heterocycles. The van der Waals surface area contributed by atoms with Crippen LogP contribution in [0.2, 0.25) is 0 Å². The normalized spacial score (nSPS) is 11.7. The lowest BCUT2D eigenvalue weighted by molar-refractivity contribution is -0.388. The molecule has 0 aliphatic carbocycles. The molecule has 6 nitrogen and oxygen atoms in total. The van der Waals surface area contributed by atoms with E-state index in [1.165, 1.54) is 6.07 Å². The summed E-state index contributed by atoms with van der Waals surface area (Å²) in [5.41, 5.74) is 0.459. The van der Waals surface area contributed by atoms with Crippen molar-refractivity contribution in [1.29, 1.82) is 0 Å². The van der Waals surface area contributed by atoms with Crippen molar-refractivity contribution in [2.24, 2.45) is 0 Å². The highest BCUT2D eigenvalue weighted by molar-refractivity contribution is 5.78. The monoisotopic (exact) mass is 350 g/mol. The predicted octanol–water partition coefficient (Wildman–Crippen LogP) is 4.41. The zero-order chi connectivity index (χ0) is 18.2. The van der Waals surface area contributed by atoms with Gasteiger partial charge in [0.2, 0.25) is 0 Å². The fourth-order valence-electron chi connectivity index (χ4n) is 2.53. The number of hydrogen-bond donors (Lipinski definition) is 2. The van der Waals surface area contributed by atoms with Crippen LogP contribution in [0, 0.1) is 17.0 Å². The second kappa shape index (κ2) is 6.08. The Bertz CT molecular complexity index is 950. The van der Waals surface area contributed by atoms with Crippen molar-refractivity contribution in [1.82, 2.24) is 9.97 Å². The molecule has 0 atom stereocenters. The lowest BCUT2D eigenvalue weighted by Crippen LogP contribution is -2.10. The Kier molecular flexibility index (Phi) is 4.07. The number of aromatic nitrogens is 2. The smallest absolute Gasteiger partial charge is 0.378 e. The van der Waals surface area contributed by atoms with Gasteiger partial charge in [0, 0.05) is 11.8 Å². The van der Waals surface area contributed by atoms with E-state index in [1.54, 1.807) is 0 Å². The second-order valence-corrected chi connectivity index (χ2v) is 5.49. The molecule has 0 bridgehead atoms. The third kappa shape index (κ3) is 3.39. The number of H-pyrrole nitrogens is 1. The number of alkyl halides is 3. The number of aryl methyl sites for hydroxylation is 1. The van der Waals surface area contributed by atoms with Crippen molar-refractivity contribution in [2.45, 2.75) is 19.6 Å². The van der Waals surface area contributed by atoms with Gasteiger partial charge in [0.25, 0.3) is 5.69 Å². The van der Waals surface area contributed by atoms with E-state index in [0.717, 1.165) is 28.7 Å². The first-order chi connectivity index (χ1) is 11.8. The van der Waals surface area contributed by atoms with Crippen molar-refractivity contribution in [3.05, 3.63) is 63.5 Å². The van der Waals surface area contributed by atoms with E-state index < -0.39 is 22.4 Å². The minimum absolute atomic E-state index is 0.120. The lowest BCUT2D eigenvalue weighted by Gasteiger charge is -2.10. The number of nitrogens with one attached hydrogen (secondary N) is 2. The minimum atomic E-state index is -4.81. The summed E-state index contributed by atoms with van der Waals surface area (Å²) in [4.78, 5) is 17.2. The average molecular weight is 350 g/mol. The van der Waals surface area contributed by atoms with Crippen LogP contribution in [0.1, 0.15) is 17.0 Å². The van der Waals surface area contributed by atoms with Crippen LogP contribution in [0.25, 0.3) is 11.0 Å². The Labute approximate surface area is 139 Å². The van der Waals surface area contributed by atoms with E-state index >= 15 is 0 Å². The molecule has 3 rings (SSSR count). The van der Waals surface area contributed by atoms with Gasteiger partial charge in [0.15, 0.2) is 0 Å². The number of rotatable bonds is 4. The number of benzene rings is 2. The molecular weight excluding hydrogens is 337 g/mol. The summed E-state index contributed by atoms with van der Waals surface area (Å²) in [6.07, 6.45) is -4.81. The second-order valence-electron chi connectivity index (χ2n) is 5.49. The number of para-hydroxylation sites is 1. The van der Waals surface area contributed by atoms with E-state index in [2.05, 4.69) is 15.3 Å². The minimum Gasteiger partial charge on any atom is -0.378 e. The highest BCUT2D eigenvalue weighted by Crippen LogP contribution is 2.37. The van der Waals surface area contributed by atoms with Gasteiger partial charge >= 0.3 is 6.18 Å². The summed E-state index contributed by atoms with van der Waals surface area (Å²) in [7, 11) is 0. The molecule has 0 spiro atoms. The van der Waals surface area contributed by atoms with E-state index in [9.17, 15) is 23.3 Å². The maximum absolute atomic E-state index is 13.0. The summed E-state index contributed by atoms with van der Waals surface area (Å²) in [5.74, 6) is 0.552. The maximum Gasteiger partial charge on any atom is 0.423 e. The van der Waals surface area contributed by atoms with Crippen LogP contribution in [0.5, 0.6) is 0 Å². The molecule has 0 aliphatic heterocycles. The molecule has 0 fully saturated rings. The van der Waals surface area contributed by atoms with Gasteiger partial charge in [0.1, 0.15) is 11.4 Å². The average Bonchev–Trinajstić information content (AvgIpc) is 2.96.